The van der Waals surface area contributed by atoms with E-state index in [1.807, 2.05) is 18.2 Å². The van der Waals surface area contributed by atoms with Crippen LogP contribution < -0.4 is 5.32 Å². The lowest BCUT2D eigenvalue weighted by atomic mass is 10.2. The van der Waals surface area contributed by atoms with Crippen LogP contribution >= 0.6 is 35.6 Å². The third-order valence-electron chi connectivity index (χ3n) is 3.34. The second-order valence-corrected chi connectivity index (χ2v) is 7.06. The number of amides is 1. The van der Waals surface area contributed by atoms with Crippen molar-refractivity contribution in [2.75, 3.05) is 12.0 Å². The van der Waals surface area contributed by atoms with Crippen LogP contribution in [0.4, 0.5) is 10.1 Å². The van der Waals surface area contributed by atoms with Crippen LogP contribution in [0.3, 0.4) is 0 Å². The normalized spacial score (nSPS) is 16.1. The molecule has 0 unspecified atom stereocenters. The van der Waals surface area contributed by atoms with E-state index in [9.17, 15) is 9.18 Å². The number of benzene rings is 2. The summed E-state index contributed by atoms with van der Waals surface area (Å²) in [6.45, 7) is 0.231. The minimum atomic E-state index is -0.316. The molecular formula is C17H12ClFN2OS2. The fraction of sp³-hybridized carbons (Fsp3) is 0.0588. The summed E-state index contributed by atoms with van der Waals surface area (Å²) in [5, 5.41) is 3.68. The van der Waals surface area contributed by atoms with Gasteiger partial charge in [-0.3, -0.25) is 9.69 Å². The van der Waals surface area contributed by atoms with Gasteiger partial charge in [-0.1, -0.05) is 59.8 Å². The van der Waals surface area contributed by atoms with Gasteiger partial charge in [0.1, 0.15) is 10.1 Å². The summed E-state index contributed by atoms with van der Waals surface area (Å²) in [6, 6.07) is 13.2. The van der Waals surface area contributed by atoms with Crippen molar-refractivity contribution in [3.63, 3.8) is 0 Å². The smallest absolute Gasteiger partial charge is 0.267 e. The quantitative estimate of drug-likeness (QED) is 0.614. The first-order valence-corrected chi connectivity index (χ1v) is 8.64. The molecule has 1 saturated heterocycles. The van der Waals surface area contributed by atoms with Crippen LogP contribution in [0, 0.1) is 5.82 Å². The van der Waals surface area contributed by atoms with Crippen LogP contribution in [0.5, 0.6) is 0 Å². The summed E-state index contributed by atoms with van der Waals surface area (Å²) in [7, 11) is 0. The highest BCUT2D eigenvalue weighted by molar-refractivity contribution is 8.26. The molecule has 3 rings (SSSR count). The standard InChI is InChI=1S/C17H12ClFN2OS2/c18-13-3-1-2-4-14(13)20-10-21-16(22)15(24-17(21)23)9-11-5-7-12(19)8-6-11/h1-9,20H,10H2/b15-9+. The maximum absolute atomic E-state index is 13.0. The van der Waals surface area contributed by atoms with Crippen molar-refractivity contribution in [1.82, 2.24) is 4.90 Å². The molecule has 122 valence electrons. The van der Waals surface area contributed by atoms with E-state index in [2.05, 4.69) is 5.32 Å². The monoisotopic (exact) mass is 378 g/mol. The second kappa shape index (κ2) is 7.34. The highest BCUT2D eigenvalue weighted by Gasteiger charge is 2.31. The third-order valence-corrected chi connectivity index (χ3v) is 5.05. The number of hydrogen-bond donors (Lipinski definition) is 1. The van der Waals surface area contributed by atoms with E-state index >= 15 is 0 Å². The Labute approximate surface area is 153 Å². The molecule has 7 heteroatoms. The van der Waals surface area contributed by atoms with Crippen molar-refractivity contribution in [2.45, 2.75) is 0 Å². The van der Waals surface area contributed by atoms with Crippen LogP contribution in [-0.2, 0) is 4.79 Å². The minimum absolute atomic E-state index is 0.186. The molecule has 1 heterocycles. The van der Waals surface area contributed by atoms with Gasteiger partial charge in [-0.2, -0.15) is 0 Å². The molecule has 1 fully saturated rings. The molecule has 1 aliphatic heterocycles. The summed E-state index contributed by atoms with van der Waals surface area (Å²) < 4.78 is 13.4. The van der Waals surface area contributed by atoms with E-state index in [0.717, 1.165) is 11.3 Å². The maximum atomic E-state index is 13.0. The van der Waals surface area contributed by atoms with Crippen LogP contribution in [0.15, 0.2) is 53.4 Å². The highest BCUT2D eigenvalue weighted by Crippen LogP contribution is 2.32. The number of carbonyl (C=O) groups is 1. The molecule has 0 aromatic heterocycles. The van der Waals surface area contributed by atoms with Gasteiger partial charge in [0.05, 0.1) is 22.3 Å². The number of nitrogens with one attached hydrogen (secondary N) is 1. The zero-order valence-corrected chi connectivity index (χ0v) is 14.7. The Morgan fingerprint density at radius 2 is 1.92 bits per heavy atom. The number of thiocarbonyl (C=S) groups is 1. The van der Waals surface area contributed by atoms with Crippen molar-refractivity contribution in [2.24, 2.45) is 0 Å². The fourth-order valence-electron chi connectivity index (χ4n) is 2.12. The van der Waals surface area contributed by atoms with Crippen molar-refractivity contribution < 1.29 is 9.18 Å². The van der Waals surface area contributed by atoms with Crippen molar-refractivity contribution >= 4 is 57.6 Å². The molecule has 1 amide bonds. The molecule has 1 N–H and O–H groups in total. The molecular weight excluding hydrogens is 367 g/mol. The lowest BCUT2D eigenvalue weighted by Gasteiger charge is -2.16. The topological polar surface area (TPSA) is 32.3 Å². The lowest BCUT2D eigenvalue weighted by molar-refractivity contribution is -0.121. The van der Waals surface area contributed by atoms with E-state index in [1.165, 1.54) is 28.8 Å². The third kappa shape index (κ3) is 3.77. The van der Waals surface area contributed by atoms with Crippen LogP contribution in [0.2, 0.25) is 5.02 Å². The Morgan fingerprint density at radius 3 is 2.62 bits per heavy atom. The average Bonchev–Trinajstić information content (AvgIpc) is 2.83. The first-order chi connectivity index (χ1) is 11.5. The number of thioether (sulfide) groups is 1. The summed E-state index contributed by atoms with van der Waals surface area (Å²) >= 11 is 12.6. The Bertz CT molecular complexity index is 824. The van der Waals surface area contributed by atoms with Crippen LogP contribution in [0.25, 0.3) is 6.08 Å². The van der Waals surface area contributed by atoms with E-state index in [4.69, 9.17) is 23.8 Å². The lowest BCUT2D eigenvalue weighted by Crippen LogP contribution is -2.33. The van der Waals surface area contributed by atoms with Gasteiger partial charge in [-0.15, -0.1) is 0 Å². The van der Waals surface area contributed by atoms with Crippen LogP contribution in [0.1, 0.15) is 5.56 Å². The van der Waals surface area contributed by atoms with Gasteiger partial charge in [0, 0.05) is 0 Å². The maximum Gasteiger partial charge on any atom is 0.267 e. The molecule has 1 aliphatic rings. The zero-order valence-electron chi connectivity index (χ0n) is 12.3. The van der Waals surface area contributed by atoms with E-state index in [1.54, 1.807) is 24.3 Å². The van der Waals surface area contributed by atoms with Crippen molar-refractivity contribution in [1.29, 1.82) is 0 Å². The van der Waals surface area contributed by atoms with Gasteiger partial charge < -0.3 is 5.32 Å². The van der Waals surface area contributed by atoms with Crippen molar-refractivity contribution in [3.05, 3.63) is 69.8 Å². The first-order valence-electron chi connectivity index (χ1n) is 7.04. The number of rotatable bonds is 4. The van der Waals surface area contributed by atoms with Crippen molar-refractivity contribution in [3.8, 4) is 0 Å². The van der Waals surface area contributed by atoms with Gasteiger partial charge in [-0.25, -0.2) is 4.39 Å². The molecule has 2 aromatic rings. The number of carbonyl (C=O) groups excluding carboxylic acids is 1. The zero-order chi connectivity index (χ0) is 17.1. The Morgan fingerprint density at radius 1 is 1.21 bits per heavy atom. The van der Waals surface area contributed by atoms with E-state index in [-0.39, 0.29) is 18.4 Å². The second-order valence-electron chi connectivity index (χ2n) is 4.98. The van der Waals surface area contributed by atoms with E-state index in [0.29, 0.717) is 14.2 Å². The molecule has 0 saturated carbocycles. The molecule has 0 atom stereocenters. The molecule has 0 radical (unpaired) electrons. The summed E-state index contributed by atoms with van der Waals surface area (Å²) in [4.78, 5) is 14.5. The number of anilines is 1. The van der Waals surface area contributed by atoms with Gasteiger partial charge >= 0.3 is 0 Å². The largest absolute Gasteiger partial charge is 0.366 e. The molecule has 2 aromatic carbocycles. The summed E-state index contributed by atoms with van der Waals surface area (Å²) in [5.41, 5.74) is 1.48. The first kappa shape index (κ1) is 17.0. The number of hydrogen-bond acceptors (Lipinski definition) is 4. The summed E-state index contributed by atoms with van der Waals surface area (Å²) in [6.07, 6.45) is 1.70. The Kier molecular flexibility index (Phi) is 5.18. The molecule has 24 heavy (non-hydrogen) atoms. The fourth-order valence-corrected chi connectivity index (χ4v) is 3.57. The molecule has 0 spiro atoms. The predicted octanol–water partition coefficient (Wildman–Crippen LogP) is 4.75. The number of nitrogens with zero attached hydrogens (tertiary/aromatic N) is 1. The van der Waals surface area contributed by atoms with Gasteiger partial charge in [0.15, 0.2) is 0 Å². The average molecular weight is 379 g/mol. The van der Waals surface area contributed by atoms with E-state index < -0.39 is 0 Å². The van der Waals surface area contributed by atoms with Gasteiger partial charge in [-0.05, 0) is 35.9 Å². The highest BCUT2D eigenvalue weighted by atomic mass is 35.5. The minimum Gasteiger partial charge on any atom is -0.366 e. The van der Waals surface area contributed by atoms with Gasteiger partial charge in [0.2, 0.25) is 0 Å². The molecule has 3 nitrogen and oxygen atoms in total. The van der Waals surface area contributed by atoms with Crippen LogP contribution in [-0.4, -0.2) is 21.8 Å². The molecule has 0 aliphatic carbocycles. The Balaban J connectivity index is 1.72. The summed E-state index contributed by atoms with van der Waals surface area (Å²) in [5.74, 6) is -0.502. The Hall–Kier alpha value is -1.89. The molecule has 0 bridgehead atoms. The predicted molar refractivity (Wildman–Crippen MR) is 101 cm³/mol. The SMILES string of the molecule is O=C1/C(=C\c2ccc(F)cc2)SC(=S)N1CNc1ccccc1Cl. The number of para-hydroxylation sites is 1. The van der Waals surface area contributed by atoms with Gasteiger partial charge in [0.25, 0.3) is 5.91 Å². The number of halogens is 2.